The number of ether oxygens (including phenoxy) is 5. The molecular formula is C13H16Cl3NO8. The Morgan fingerprint density at radius 2 is 1.72 bits per heavy atom. The zero-order valence-electron chi connectivity index (χ0n) is 13.5. The molecule has 0 aromatic rings. The summed E-state index contributed by atoms with van der Waals surface area (Å²) < 4.78 is 23.4. The van der Waals surface area contributed by atoms with Crippen LogP contribution >= 0.6 is 34.8 Å². The van der Waals surface area contributed by atoms with Gasteiger partial charge < -0.3 is 23.7 Å². The first kappa shape index (κ1) is 21.8. The van der Waals surface area contributed by atoms with Crippen LogP contribution in [-0.4, -0.2) is 58.8 Å². The van der Waals surface area contributed by atoms with Gasteiger partial charge in [0.15, 0.2) is 0 Å². The minimum Gasteiger partial charge on any atom is -0.463 e. The molecule has 2 unspecified atom stereocenters. The molecule has 1 fully saturated rings. The molecule has 0 bridgehead atoms. The van der Waals surface area contributed by atoms with Crippen molar-refractivity contribution in [1.82, 2.24) is 0 Å². The first-order valence-electron chi connectivity index (χ1n) is 6.84. The lowest BCUT2D eigenvalue weighted by Gasteiger charge is -2.34. The van der Waals surface area contributed by atoms with Gasteiger partial charge in [0.25, 0.3) is 3.79 Å². The van der Waals surface area contributed by atoms with E-state index in [-0.39, 0.29) is 6.61 Å². The largest absolute Gasteiger partial charge is 0.463 e. The van der Waals surface area contributed by atoms with Crippen molar-refractivity contribution in [3.63, 3.8) is 0 Å². The Kier molecular flexibility index (Phi) is 7.30. The number of esters is 3. The lowest BCUT2D eigenvalue weighted by molar-refractivity contribution is -0.233. The molecule has 0 aliphatic carbocycles. The van der Waals surface area contributed by atoms with E-state index in [4.69, 9.17) is 63.9 Å². The van der Waals surface area contributed by atoms with Gasteiger partial charge in [0.05, 0.1) is 0 Å². The van der Waals surface area contributed by atoms with Gasteiger partial charge in [-0.2, -0.15) is 0 Å². The smallest absolute Gasteiger partial charge is 0.318 e. The highest BCUT2D eigenvalue weighted by molar-refractivity contribution is 6.76. The molecule has 1 aliphatic heterocycles. The van der Waals surface area contributed by atoms with Crippen molar-refractivity contribution in [3.05, 3.63) is 0 Å². The molecule has 25 heavy (non-hydrogen) atoms. The topological polar surface area (TPSA) is 121 Å². The number of halogens is 3. The van der Waals surface area contributed by atoms with Gasteiger partial charge in [-0.05, 0) is 0 Å². The molecule has 1 N–H and O–H groups in total. The first-order valence-corrected chi connectivity index (χ1v) is 7.97. The molecule has 0 spiro atoms. The van der Waals surface area contributed by atoms with Gasteiger partial charge >= 0.3 is 23.7 Å². The molecule has 1 aliphatic rings. The molecule has 3 atom stereocenters. The van der Waals surface area contributed by atoms with Gasteiger partial charge in [-0.3, -0.25) is 19.8 Å². The summed E-state index contributed by atoms with van der Waals surface area (Å²) in [7, 11) is 0. The Labute approximate surface area is 158 Å². The lowest BCUT2D eigenvalue weighted by Crippen LogP contribution is -2.54. The molecule has 142 valence electrons. The normalized spacial score (nSPS) is 25.8. The fraction of sp³-hybridized carbons (Fsp3) is 0.692. The maximum absolute atomic E-state index is 11.5. The number of alkyl halides is 3. The molecule has 0 amide bonds. The van der Waals surface area contributed by atoms with Crippen LogP contribution < -0.4 is 0 Å². The highest BCUT2D eigenvalue weighted by Crippen LogP contribution is 2.37. The maximum atomic E-state index is 11.5. The minimum absolute atomic E-state index is 0.319. The average molecular weight is 421 g/mol. The molecule has 1 saturated heterocycles. The second-order valence-corrected chi connectivity index (χ2v) is 7.30. The summed E-state index contributed by atoms with van der Waals surface area (Å²) in [5.74, 6) is -5.16. The first-order chi connectivity index (χ1) is 11.4. The van der Waals surface area contributed by atoms with Crippen LogP contribution in [-0.2, 0) is 38.1 Å². The second kappa shape index (κ2) is 8.39. The van der Waals surface area contributed by atoms with Crippen molar-refractivity contribution < 1.29 is 38.1 Å². The van der Waals surface area contributed by atoms with Crippen molar-refractivity contribution >= 4 is 58.6 Å². The number of carbonyl (C=O) groups is 3. The van der Waals surface area contributed by atoms with Crippen LogP contribution in [0.3, 0.4) is 0 Å². The number of rotatable bonds is 5. The van der Waals surface area contributed by atoms with E-state index in [1.54, 1.807) is 0 Å². The summed E-state index contributed by atoms with van der Waals surface area (Å²) in [6.07, 6.45) is -2.41. The number of nitrogens with one attached hydrogen (secondary N) is 1. The van der Waals surface area contributed by atoms with Crippen LogP contribution in [0.15, 0.2) is 0 Å². The SMILES string of the molecule is CC(=O)OC[C@H]1OCC(OC(=N)C(Cl)(Cl)Cl)(OC(C)=O)C1OC(C)=O. The van der Waals surface area contributed by atoms with E-state index in [1.807, 2.05) is 0 Å². The van der Waals surface area contributed by atoms with Gasteiger partial charge in [0.2, 0.25) is 12.0 Å². The van der Waals surface area contributed by atoms with E-state index in [0.717, 1.165) is 13.8 Å². The number of hydrogen-bond donors (Lipinski definition) is 1. The van der Waals surface area contributed by atoms with Crippen LogP contribution in [0.2, 0.25) is 0 Å². The van der Waals surface area contributed by atoms with E-state index in [2.05, 4.69) is 0 Å². The molecule has 0 radical (unpaired) electrons. The number of carbonyl (C=O) groups excluding carboxylic acids is 3. The van der Waals surface area contributed by atoms with Crippen molar-refractivity contribution in [3.8, 4) is 0 Å². The molecule has 1 rings (SSSR count). The zero-order valence-corrected chi connectivity index (χ0v) is 15.7. The minimum atomic E-state index is -2.26. The van der Waals surface area contributed by atoms with Crippen molar-refractivity contribution in [1.29, 1.82) is 5.41 Å². The molecule has 1 heterocycles. The van der Waals surface area contributed by atoms with Gasteiger partial charge in [0, 0.05) is 20.8 Å². The summed E-state index contributed by atoms with van der Waals surface area (Å²) in [6.45, 7) is 2.55. The third kappa shape index (κ3) is 6.18. The van der Waals surface area contributed by atoms with Crippen LogP contribution in [0.5, 0.6) is 0 Å². The van der Waals surface area contributed by atoms with Gasteiger partial charge in [-0.1, -0.05) is 34.8 Å². The Morgan fingerprint density at radius 1 is 1.12 bits per heavy atom. The number of hydrogen-bond acceptors (Lipinski definition) is 9. The summed E-state index contributed by atoms with van der Waals surface area (Å²) in [4.78, 5) is 33.9. The predicted molar refractivity (Wildman–Crippen MR) is 85.5 cm³/mol. The fourth-order valence-electron chi connectivity index (χ4n) is 2.03. The predicted octanol–water partition coefficient (Wildman–Crippen LogP) is 1.50. The van der Waals surface area contributed by atoms with E-state index in [0.29, 0.717) is 0 Å². The van der Waals surface area contributed by atoms with Crippen molar-refractivity contribution in [2.24, 2.45) is 0 Å². The Balaban J connectivity index is 3.16. The fourth-order valence-corrected chi connectivity index (χ4v) is 2.14. The van der Waals surface area contributed by atoms with Crippen LogP contribution in [0.4, 0.5) is 0 Å². The van der Waals surface area contributed by atoms with E-state index >= 15 is 0 Å². The highest BCUT2D eigenvalue weighted by atomic mass is 35.6. The van der Waals surface area contributed by atoms with Crippen LogP contribution in [0, 0.1) is 5.41 Å². The quantitative estimate of drug-likeness (QED) is 0.177. The monoisotopic (exact) mass is 419 g/mol. The molecule has 9 nitrogen and oxygen atoms in total. The Morgan fingerprint density at radius 3 is 2.16 bits per heavy atom. The summed E-state index contributed by atoms with van der Waals surface area (Å²) in [5.41, 5.74) is 0. The van der Waals surface area contributed by atoms with Crippen LogP contribution in [0.1, 0.15) is 20.8 Å². The molecular weight excluding hydrogens is 405 g/mol. The third-order valence-corrected chi connectivity index (χ3v) is 3.38. The lowest BCUT2D eigenvalue weighted by atomic mass is 10.1. The Bertz CT molecular complexity index is 564. The van der Waals surface area contributed by atoms with Gasteiger partial charge in [-0.25, -0.2) is 0 Å². The highest BCUT2D eigenvalue weighted by Gasteiger charge is 2.59. The molecule has 0 saturated carbocycles. The van der Waals surface area contributed by atoms with Gasteiger partial charge in [-0.15, -0.1) is 0 Å². The maximum Gasteiger partial charge on any atom is 0.318 e. The van der Waals surface area contributed by atoms with E-state index < -0.39 is 52.2 Å². The summed E-state index contributed by atoms with van der Waals surface area (Å²) in [6, 6.07) is 0. The van der Waals surface area contributed by atoms with Crippen molar-refractivity contribution in [2.75, 3.05) is 13.2 Å². The van der Waals surface area contributed by atoms with Crippen LogP contribution in [0.25, 0.3) is 0 Å². The molecule has 0 aromatic heterocycles. The van der Waals surface area contributed by atoms with E-state index in [1.165, 1.54) is 6.92 Å². The molecule has 12 heteroatoms. The van der Waals surface area contributed by atoms with Gasteiger partial charge in [0.1, 0.15) is 19.3 Å². The summed E-state index contributed by atoms with van der Waals surface area (Å²) in [5, 5.41) is 7.69. The van der Waals surface area contributed by atoms with Crippen molar-refractivity contribution in [2.45, 2.75) is 42.6 Å². The second-order valence-electron chi connectivity index (χ2n) is 5.02. The van der Waals surface area contributed by atoms with E-state index in [9.17, 15) is 14.4 Å². The standard InChI is InChI=1S/C13H16Cl3NO8/c1-6(18)21-4-9-10(23-7(2)19)12(5-22-9,24-8(3)20)25-11(17)13(14,15)16/h9-10,17H,4-5H2,1-3H3/t9-,10?,12?/m1/s1. The Hall–Kier alpha value is -1.29. The third-order valence-electron chi connectivity index (χ3n) is 2.86. The molecule has 0 aromatic carbocycles. The average Bonchev–Trinajstić information content (AvgIpc) is 2.72. The summed E-state index contributed by atoms with van der Waals surface area (Å²) >= 11 is 16.7. The zero-order chi connectivity index (χ0) is 19.4.